The predicted molar refractivity (Wildman–Crippen MR) is 53.7 cm³/mol. The lowest BCUT2D eigenvalue weighted by atomic mass is 10.4. The second kappa shape index (κ2) is 4.13. The summed E-state index contributed by atoms with van der Waals surface area (Å²) >= 11 is 4.80. The number of aromatic nitrogens is 2. The fourth-order valence-corrected chi connectivity index (χ4v) is 0.944. The standard InChI is InChI=1S/C8H11N3OS/c1-5(2)12-8-6(7(9)13)10-3-4-11-8/h3-5H,1-2H3,(H2,9,13). The van der Waals surface area contributed by atoms with Gasteiger partial charge in [-0.1, -0.05) is 12.2 Å². The zero-order valence-corrected chi connectivity index (χ0v) is 8.34. The lowest BCUT2D eigenvalue weighted by Crippen LogP contribution is -2.17. The van der Waals surface area contributed by atoms with Gasteiger partial charge in [-0.3, -0.25) is 0 Å². The van der Waals surface area contributed by atoms with Crippen molar-refractivity contribution in [1.29, 1.82) is 0 Å². The van der Waals surface area contributed by atoms with Crippen LogP contribution in [0.25, 0.3) is 0 Å². The maximum Gasteiger partial charge on any atom is 0.243 e. The first kappa shape index (κ1) is 9.85. The highest BCUT2D eigenvalue weighted by Crippen LogP contribution is 2.12. The molecule has 5 heteroatoms. The molecule has 70 valence electrons. The number of hydrogen-bond acceptors (Lipinski definition) is 4. The molecule has 13 heavy (non-hydrogen) atoms. The van der Waals surface area contributed by atoms with Crippen molar-refractivity contribution in [2.45, 2.75) is 20.0 Å². The Balaban J connectivity index is 2.98. The van der Waals surface area contributed by atoms with Crippen LogP contribution in [0, 0.1) is 0 Å². The summed E-state index contributed by atoms with van der Waals surface area (Å²) in [6.07, 6.45) is 3.10. The fraction of sp³-hybridized carbons (Fsp3) is 0.375. The summed E-state index contributed by atoms with van der Waals surface area (Å²) < 4.78 is 5.37. The van der Waals surface area contributed by atoms with Crippen LogP contribution in [-0.2, 0) is 0 Å². The molecule has 0 aliphatic carbocycles. The van der Waals surface area contributed by atoms with Crippen molar-refractivity contribution in [3.05, 3.63) is 18.1 Å². The van der Waals surface area contributed by atoms with Crippen LogP contribution >= 0.6 is 12.2 Å². The molecule has 1 aromatic rings. The minimum absolute atomic E-state index is 0.0322. The van der Waals surface area contributed by atoms with Gasteiger partial charge in [0.25, 0.3) is 0 Å². The number of nitrogens with two attached hydrogens (primary N) is 1. The lowest BCUT2D eigenvalue weighted by Gasteiger charge is -2.10. The van der Waals surface area contributed by atoms with E-state index in [2.05, 4.69) is 9.97 Å². The summed E-state index contributed by atoms with van der Waals surface area (Å²) in [4.78, 5) is 8.16. The second-order valence-corrected chi connectivity index (χ2v) is 3.18. The molecule has 0 saturated heterocycles. The van der Waals surface area contributed by atoms with E-state index in [0.717, 1.165) is 0 Å². The monoisotopic (exact) mass is 197 g/mol. The normalized spacial score (nSPS) is 10.1. The average molecular weight is 197 g/mol. The van der Waals surface area contributed by atoms with Crippen LogP contribution in [0.4, 0.5) is 0 Å². The number of nitrogens with zero attached hydrogens (tertiary/aromatic N) is 2. The van der Waals surface area contributed by atoms with Gasteiger partial charge in [-0.15, -0.1) is 0 Å². The Labute approximate surface area is 82.1 Å². The number of thiocarbonyl (C=S) groups is 1. The van der Waals surface area contributed by atoms with Gasteiger partial charge in [0.2, 0.25) is 5.88 Å². The molecule has 1 rings (SSSR count). The quantitative estimate of drug-likeness (QED) is 0.729. The van der Waals surface area contributed by atoms with Gasteiger partial charge in [0.1, 0.15) is 4.99 Å². The van der Waals surface area contributed by atoms with E-state index in [4.69, 9.17) is 22.7 Å². The topological polar surface area (TPSA) is 61.0 Å². The van der Waals surface area contributed by atoms with E-state index in [-0.39, 0.29) is 11.1 Å². The maximum absolute atomic E-state index is 5.44. The predicted octanol–water partition coefficient (Wildman–Crippen LogP) is 0.898. The van der Waals surface area contributed by atoms with Crippen LogP contribution in [0.3, 0.4) is 0 Å². The van der Waals surface area contributed by atoms with Gasteiger partial charge in [-0.05, 0) is 13.8 Å². The molecule has 0 aliphatic heterocycles. The summed E-state index contributed by atoms with van der Waals surface area (Å²) in [5.41, 5.74) is 5.88. The molecule has 0 bridgehead atoms. The molecule has 0 amide bonds. The highest BCUT2D eigenvalue weighted by atomic mass is 32.1. The Bertz CT molecular complexity index is 314. The molecular weight excluding hydrogens is 186 g/mol. The SMILES string of the molecule is CC(C)Oc1nccnc1C(N)=S. The smallest absolute Gasteiger partial charge is 0.243 e. The largest absolute Gasteiger partial charge is 0.473 e. The van der Waals surface area contributed by atoms with Crippen molar-refractivity contribution in [2.24, 2.45) is 5.73 Å². The molecule has 1 aromatic heterocycles. The van der Waals surface area contributed by atoms with E-state index < -0.39 is 0 Å². The molecule has 4 nitrogen and oxygen atoms in total. The molecule has 0 atom stereocenters. The molecule has 0 saturated carbocycles. The Kier molecular flexibility index (Phi) is 3.13. The van der Waals surface area contributed by atoms with Crippen molar-refractivity contribution in [1.82, 2.24) is 9.97 Å². The van der Waals surface area contributed by atoms with Gasteiger partial charge in [0.15, 0.2) is 5.69 Å². The Morgan fingerprint density at radius 2 is 2.08 bits per heavy atom. The van der Waals surface area contributed by atoms with E-state index in [1.54, 1.807) is 6.20 Å². The minimum atomic E-state index is 0.0322. The molecule has 2 N–H and O–H groups in total. The van der Waals surface area contributed by atoms with Gasteiger partial charge < -0.3 is 10.5 Å². The zero-order valence-electron chi connectivity index (χ0n) is 7.52. The van der Waals surface area contributed by atoms with E-state index >= 15 is 0 Å². The number of rotatable bonds is 3. The molecule has 0 spiro atoms. The molecule has 0 radical (unpaired) electrons. The second-order valence-electron chi connectivity index (χ2n) is 2.74. The molecule has 0 aromatic carbocycles. The third-order valence-corrected chi connectivity index (χ3v) is 1.44. The van der Waals surface area contributed by atoms with E-state index in [1.165, 1.54) is 6.20 Å². The van der Waals surface area contributed by atoms with Gasteiger partial charge in [-0.25, -0.2) is 9.97 Å². The van der Waals surface area contributed by atoms with Crippen LogP contribution in [-0.4, -0.2) is 21.1 Å². The van der Waals surface area contributed by atoms with Crippen molar-refractivity contribution < 1.29 is 4.74 Å². The number of ether oxygens (including phenoxy) is 1. The first-order chi connectivity index (χ1) is 6.11. The molecule has 0 fully saturated rings. The van der Waals surface area contributed by atoms with Crippen LogP contribution in [0.15, 0.2) is 12.4 Å². The Morgan fingerprint density at radius 3 is 2.62 bits per heavy atom. The first-order valence-corrected chi connectivity index (χ1v) is 4.29. The highest BCUT2D eigenvalue weighted by Gasteiger charge is 2.09. The summed E-state index contributed by atoms with van der Waals surface area (Å²) in [5, 5.41) is 0. The van der Waals surface area contributed by atoms with Crippen molar-refractivity contribution in [3.63, 3.8) is 0 Å². The van der Waals surface area contributed by atoms with Crippen LogP contribution in [0.2, 0.25) is 0 Å². The molecule has 1 heterocycles. The van der Waals surface area contributed by atoms with Crippen molar-refractivity contribution in [2.75, 3.05) is 0 Å². The molecule has 0 unspecified atom stereocenters. The minimum Gasteiger partial charge on any atom is -0.473 e. The Morgan fingerprint density at radius 1 is 1.46 bits per heavy atom. The van der Waals surface area contributed by atoms with Gasteiger partial charge >= 0.3 is 0 Å². The summed E-state index contributed by atoms with van der Waals surface area (Å²) in [5.74, 6) is 0.394. The molecular formula is C8H11N3OS. The fourth-order valence-electron chi connectivity index (χ4n) is 0.804. The average Bonchev–Trinajstić information content (AvgIpc) is 2.03. The van der Waals surface area contributed by atoms with Crippen molar-refractivity contribution >= 4 is 17.2 Å². The van der Waals surface area contributed by atoms with Crippen LogP contribution < -0.4 is 10.5 Å². The van der Waals surface area contributed by atoms with Gasteiger partial charge in [-0.2, -0.15) is 0 Å². The van der Waals surface area contributed by atoms with Crippen LogP contribution in [0.5, 0.6) is 5.88 Å². The third kappa shape index (κ3) is 2.62. The van der Waals surface area contributed by atoms with Gasteiger partial charge in [0.05, 0.1) is 6.10 Å². The summed E-state index contributed by atoms with van der Waals surface area (Å²) in [6, 6.07) is 0. The van der Waals surface area contributed by atoms with Crippen LogP contribution in [0.1, 0.15) is 19.5 Å². The number of hydrogen-bond donors (Lipinski definition) is 1. The maximum atomic E-state index is 5.44. The van der Waals surface area contributed by atoms with Crippen molar-refractivity contribution in [3.8, 4) is 5.88 Å². The summed E-state index contributed by atoms with van der Waals surface area (Å²) in [6.45, 7) is 3.80. The zero-order chi connectivity index (χ0) is 9.84. The highest BCUT2D eigenvalue weighted by molar-refractivity contribution is 7.80. The molecule has 0 aliphatic rings. The van der Waals surface area contributed by atoms with Gasteiger partial charge in [0, 0.05) is 12.4 Å². The van der Waals surface area contributed by atoms with E-state index in [0.29, 0.717) is 11.6 Å². The summed E-state index contributed by atoms with van der Waals surface area (Å²) in [7, 11) is 0. The lowest BCUT2D eigenvalue weighted by molar-refractivity contribution is 0.231. The third-order valence-electron chi connectivity index (χ3n) is 1.25. The van der Waals surface area contributed by atoms with E-state index in [1.807, 2.05) is 13.8 Å². The van der Waals surface area contributed by atoms with E-state index in [9.17, 15) is 0 Å². The first-order valence-electron chi connectivity index (χ1n) is 3.88. The Hall–Kier alpha value is -1.23.